The van der Waals surface area contributed by atoms with E-state index in [1.807, 2.05) is 17.0 Å². The average molecular weight is 352 g/mol. The van der Waals surface area contributed by atoms with Gasteiger partial charge in [0.2, 0.25) is 0 Å². The molecule has 0 saturated carbocycles. The Morgan fingerprint density at radius 1 is 1.19 bits per heavy atom. The second kappa shape index (κ2) is 7.52. The lowest BCUT2D eigenvalue weighted by molar-refractivity contribution is 0.0741. The van der Waals surface area contributed by atoms with Gasteiger partial charge in [-0.05, 0) is 29.7 Å². The maximum atomic E-state index is 13.8. The zero-order valence-corrected chi connectivity index (χ0v) is 14.9. The third kappa shape index (κ3) is 3.52. The maximum absolute atomic E-state index is 13.8. The standard InChI is InChI=1S/C20H21FN4O/c1-14(2)15-6-7-18(23-13-15)20(26)25-10-8-24(9-11-25)19-5-3-4-17(21)16(19)12-22/h3-7,13-14H,8-11H2,1-2H3. The molecule has 2 heterocycles. The molecule has 0 bridgehead atoms. The predicted molar refractivity (Wildman–Crippen MR) is 97.6 cm³/mol. The van der Waals surface area contributed by atoms with Crippen LogP contribution in [0.4, 0.5) is 10.1 Å². The van der Waals surface area contributed by atoms with Crippen LogP contribution < -0.4 is 4.90 Å². The summed E-state index contributed by atoms with van der Waals surface area (Å²) in [4.78, 5) is 20.6. The first kappa shape index (κ1) is 17.9. The summed E-state index contributed by atoms with van der Waals surface area (Å²) in [6.07, 6.45) is 1.75. The number of amides is 1. The molecule has 1 amide bonds. The lowest BCUT2D eigenvalue weighted by Gasteiger charge is -2.36. The Kier molecular flexibility index (Phi) is 5.17. The van der Waals surface area contributed by atoms with Crippen molar-refractivity contribution in [3.8, 4) is 6.07 Å². The number of nitrogens with zero attached hydrogens (tertiary/aromatic N) is 4. The fourth-order valence-electron chi connectivity index (χ4n) is 3.07. The van der Waals surface area contributed by atoms with Crippen molar-refractivity contribution in [1.82, 2.24) is 9.88 Å². The number of piperazine rings is 1. The molecule has 5 nitrogen and oxygen atoms in total. The fraction of sp³-hybridized carbons (Fsp3) is 0.350. The van der Waals surface area contributed by atoms with Crippen LogP contribution in [0.5, 0.6) is 0 Å². The molecule has 2 aromatic rings. The van der Waals surface area contributed by atoms with Gasteiger partial charge in [0.1, 0.15) is 23.1 Å². The van der Waals surface area contributed by atoms with E-state index in [0.717, 1.165) is 5.56 Å². The third-order valence-electron chi connectivity index (χ3n) is 4.68. The summed E-state index contributed by atoms with van der Waals surface area (Å²) in [5, 5.41) is 9.19. The van der Waals surface area contributed by atoms with Crippen LogP contribution in [0.1, 0.15) is 41.4 Å². The van der Waals surface area contributed by atoms with Gasteiger partial charge in [-0.3, -0.25) is 9.78 Å². The lowest BCUT2D eigenvalue weighted by Crippen LogP contribution is -2.49. The number of hydrogen-bond acceptors (Lipinski definition) is 4. The number of rotatable bonds is 3. The molecule has 1 aliphatic rings. The number of anilines is 1. The molecule has 1 aromatic carbocycles. The zero-order valence-electron chi connectivity index (χ0n) is 14.9. The van der Waals surface area contributed by atoms with Crippen LogP contribution >= 0.6 is 0 Å². The summed E-state index contributed by atoms with van der Waals surface area (Å²) in [5.74, 6) is -0.242. The number of carbonyl (C=O) groups is 1. The molecule has 134 valence electrons. The van der Waals surface area contributed by atoms with Gasteiger partial charge in [0.15, 0.2) is 0 Å². The Bertz CT molecular complexity index is 834. The number of pyridine rings is 1. The van der Waals surface area contributed by atoms with Gasteiger partial charge in [-0.15, -0.1) is 0 Å². The summed E-state index contributed by atoms with van der Waals surface area (Å²) in [6.45, 7) is 6.28. The molecular formula is C20H21FN4O. The topological polar surface area (TPSA) is 60.2 Å². The van der Waals surface area contributed by atoms with Gasteiger partial charge >= 0.3 is 0 Å². The summed E-state index contributed by atoms with van der Waals surface area (Å²) < 4.78 is 13.8. The molecule has 1 fully saturated rings. The molecule has 0 N–H and O–H groups in total. The molecule has 0 spiro atoms. The van der Waals surface area contributed by atoms with E-state index in [4.69, 9.17) is 0 Å². The molecule has 6 heteroatoms. The second-order valence-electron chi connectivity index (χ2n) is 6.66. The van der Waals surface area contributed by atoms with Crippen molar-refractivity contribution >= 4 is 11.6 Å². The van der Waals surface area contributed by atoms with E-state index in [1.54, 1.807) is 29.3 Å². The van der Waals surface area contributed by atoms with Crippen molar-refractivity contribution in [3.63, 3.8) is 0 Å². The molecule has 0 radical (unpaired) electrons. The molecule has 0 aliphatic carbocycles. The molecule has 1 saturated heterocycles. The van der Waals surface area contributed by atoms with E-state index >= 15 is 0 Å². The Balaban J connectivity index is 1.68. The zero-order chi connectivity index (χ0) is 18.7. The molecule has 0 unspecified atom stereocenters. The van der Waals surface area contributed by atoms with Crippen molar-refractivity contribution in [3.05, 3.63) is 59.2 Å². The van der Waals surface area contributed by atoms with Crippen LogP contribution in [0, 0.1) is 17.1 Å². The van der Waals surface area contributed by atoms with Crippen molar-refractivity contribution in [1.29, 1.82) is 5.26 Å². The van der Waals surface area contributed by atoms with E-state index in [1.165, 1.54) is 6.07 Å². The Morgan fingerprint density at radius 2 is 1.92 bits per heavy atom. The van der Waals surface area contributed by atoms with Crippen LogP contribution in [0.2, 0.25) is 0 Å². The minimum Gasteiger partial charge on any atom is -0.367 e. The number of halogens is 1. The summed E-state index contributed by atoms with van der Waals surface area (Å²) in [7, 11) is 0. The van der Waals surface area contributed by atoms with Gasteiger partial charge in [-0.2, -0.15) is 5.26 Å². The number of aromatic nitrogens is 1. The number of carbonyl (C=O) groups excluding carboxylic acids is 1. The highest BCUT2D eigenvalue weighted by molar-refractivity contribution is 5.92. The summed E-state index contributed by atoms with van der Waals surface area (Å²) in [5.41, 5.74) is 2.17. The Hall–Kier alpha value is -2.94. The molecule has 0 atom stereocenters. The van der Waals surface area contributed by atoms with Crippen LogP contribution in [-0.2, 0) is 0 Å². The Labute approximate surface area is 152 Å². The van der Waals surface area contributed by atoms with E-state index < -0.39 is 5.82 Å². The predicted octanol–water partition coefficient (Wildman–Crippen LogP) is 3.18. The molecule has 26 heavy (non-hydrogen) atoms. The normalized spacial score (nSPS) is 14.4. The van der Waals surface area contributed by atoms with E-state index in [-0.39, 0.29) is 11.5 Å². The largest absolute Gasteiger partial charge is 0.367 e. The minimum atomic E-state index is -0.516. The highest BCUT2D eigenvalue weighted by atomic mass is 19.1. The van der Waals surface area contributed by atoms with Crippen LogP contribution in [-0.4, -0.2) is 42.0 Å². The fourth-order valence-corrected chi connectivity index (χ4v) is 3.07. The van der Waals surface area contributed by atoms with Gasteiger partial charge in [-0.25, -0.2) is 4.39 Å². The summed E-state index contributed by atoms with van der Waals surface area (Å²) in [6, 6.07) is 10.3. The van der Waals surface area contributed by atoms with Gasteiger partial charge in [0.25, 0.3) is 5.91 Å². The van der Waals surface area contributed by atoms with Gasteiger partial charge in [0, 0.05) is 32.4 Å². The van der Waals surface area contributed by atoms with Crippen LogP contribution in [0.3, 0.4) is 0 Å². The number of nitriles is 1. The molecule has 1 aromatic heterocycles. The first-order chi connectivity index (χ1) is 12.5. The van der Waals surface area contributed by atoms with Crippen LogP contribution in [0.25, 0.3) is 0 Å². The maximum Gasteiger partial charge on any atom is 0.272 e. The highest BCUT2D eigenvalue weighted by Gasteiger charge is 2.25. The van der Waals surface area contributed by atoms with Gasteiger partial charge in [0.05, 0.1) is 5.69 Å². The molecular weight excluding hydrogens is 331 g/mol. The average Bonchev–Trinajstić information content (AvgIpc) is 2.67. The van der Waals surface area contributed by atoms with Crippen molar-refractivity contribution in [2.75, 3.05) is 31.1 Å². The first-order valence-corrected chi connectivity index (χ1v) is 8.70. The Morgan fingerprint density at radius 3 is 2.50 bits per heavy atom. The van der Waals surface area contributed by atoms with Crippen LogP contribution in [0.15, 0.2) is 36.5 Å². The SMILES string of the molecule is CC(C)c1ccc(C(=O)N2CCN(c3cccc(F)c3C#N)CC2)nc1. The smallest absolute Gasteiger partial charge is 0.272 e. The van der Waals surface area contributed by atoms with Gasteiger partial charge in [-0.1, -0.05) is 26.0 Å². The second-order valence-corrected chi connectivity index (χ2v) is 6.66. The molecule has 1 aliphatic heterocycles. The quantitative estimate of drug-likeness (QED) is 0.851. The van der Waals surface area contributed by atoms with Crippen molar-refractivity contribution < 1.29 is 9.18 Å². The van der Waals surface area contributed by atoms with E-state index in [0.29, 0.717) is 43.5 Å². The third-order valence-corrected chi connectivity index (χ3v) is 4.68. The first-order valence-electron chi connectivity index (χ1n) is 8.70. The summed E-state index contributed by atoms with van der Waals surface area (Å²) >= 11 is 0. The number of benzene rings is 1. The van der Waals surface area contributed by atoms with Gasteiger partial charge < -0.3 is 9.80 Å². The monoisotopic (exact) mass is 352 g/mol. The minimum absolute atomic E-state index is 0.0539. The van der Waals surface area contributed by atoms with Crippen molar-refractivity contribution in [2.45, 2.75) is 19.8 Å². The van der Waals surface area contributed by atoms with Crippen molar-refractivity contribution in [2.24, 2.45) is 0 Å². The lowest BCUT2D eigenvalue weighted by atomic mass is 10.1. The van der Waals surface area contributed by atoms with E-state index in [2.05, 4.69) is 18.8 Å². The highest BCUT2D eigenvalue weighted by Crippen LogP contribution is 2.24. The molecule has 3 rings (SSSR count). The van der Waals surface area contributed by atoms with E-state index in [9.17, 15) is 14.4 Å². The number of hydrogen-bond donors (Lipinski definition) is 0.